The van der Waals surface area contributed by atoms with Crippen molar-refractivity contribution in [3.05, 3.63) is 18.1 Å². The van der Waals surface area contributed by atoms with E-state index in [1.165, 1.54) is 32.1 Å². The Morgan fingerprint density at radius 1 is 1.18 bits per heavy atom. The van der Waals surface area contributed by atoms with Gasteiger partial charge in [0.25, 0.3) is 0 Å². The topological polar surface area (TPSA) is 49.3 Å². The van der Waals surface area contributed by atoms with Crippen LogP contribution in [-0.2, 0) is 6.61 Å². The summed E-state index contributed by atoms with van der Waals surface area (Å²) in [6, 6.07) is 0.679. The Labute approximate surface area is 102 Å². The van der Waals surface area contributed by atoms with E-state index in [1.807, 2.05) is 6.20 Å². The van der Waals surface area contributed by atoms with Gasteiger partial charge >= 0.3 is 0 Å². The number of aliphatic hydroxyl groups is 1. The molecule has 1 aliphatic carbocycles. The summed E-state index contributed by atoms with van der Waals surface area (Å²) in [4.78, 5) is 11.1. The minimum Gasteiger partial charge on any atom is -0.390 e. The number of aromatic nitrogens is 2. The first-order valence-corrected chi connectivity index (χ1v) is 6.57. The number of nitrogens with zero attached hydrogens (tertiary/aromatic N) is 3. The van der Waals surface area contributed by atoms with E-state index in [0.717, 1.165) is 18.3 Å². The number of aliphatic hydroxyl groups excluding tert-OH is 1. The molecule has 1 aliphatic heterocycles. The zero-order valence-electron chi connectivity index (χ0n) is 10.0. The smallest absolute Gasteiger partial charge is 0.147 e. The molecule has 0 bridgehead atoms. The third-order valence-electron chi connectivity index (χ3n) is 4.16. The van der Waals surface area contributed by atoms with Crippen LogP contribution in [0.25, 0.3) is 0 Å². The average molecular weight is 233 g/mol. The first-order valence-electron chi connectivity index (χ1n) is 6.57. The third kappa shape index (κ3) is 2.02. The van der Waals surface area contributed by atoms with Crippen molar-refractivity contribution in [2.45, 2.75) is 44.8 Å². The lowest BCUT2D eigenvalue weighted by Crippen LogP contribution is -2.35. The predicted octanol–water partition coefficient (Wildman–Crippen LogP) is 1.74. The molecule has 92 valence electrons. The molecule has 17 heavy (non-hydrogen) atoms. The number of anilines is 1. The van der Waals surface area contributed by atoms with E-state index in [1.54, 1.807) is 6.20 Å². The predicted molar refractivity (Wildman–Crippen MR) is 65.7 cm³/mol. The van der Waals surface area contributed by atoms with Crippen LogP contribution in [0.1, 0.15) is 37.8 Å². The van der Waals surface area contributed by atoms with Crippen molar-refractivity contribution in [3.63, 3.8) is 0 Å². The second kappa shape index (κ2) is 4.61. The third-order valence-corrected chi connectivity index (χ3v) is 4.16. The van der Waals surface area contributed by atoms with Crippen LogP contribution < -0.4 is 4.90 Å². The van der Waals surface area contributed by atoms with Crippen LogP contribution in [0.3, 0.4) is 0 Å². The van der Waals surface area contributed by atoms with Gasteiger partial charge in [0.1, 0.15) is 5.82 Å². The molecule has 0 aromatic carbocycles. The van der Waals surface area contributed by atoms with E-state index < -0.39 is 0 Å². The summed E-state index contributed by atoms with van der Waals surface area (Å²) < 4.78 is 0. The van der Waals surface area contributed by atoms with Gasteiger partial charge in [0.2, 0.25) is 0 Å². The van der Waals surface area contributed by atoms with Gasteiger partial charge < -0.3 is 10.0 Å². The molecular weight excluding hydrogens is 214 g/mol. The van der Waals surface area contributed by atoms with Gasteiger partial charge in [-0.25, -0.2) is 4.98 Å². The minimum atomic E-state index is -0.0284. The number of hydrogen-bond acceptors (Lipinski definition) is 4. The first-order chi connectivity index (χ1) is 8.38. The van der Waals surface area contributed by atoms with Gasteiger partial charge in [-0.3, -0.25) is 4.98 Å². The molecule has 1 saturated carbocycles. The molecule has 1 aromatic rings. The zero-order chi connectivity index (χ0) is 11.7. The molecule has 2 fully saturated rings. The molecule has 0 amide bonds. The second-order valence-corrected chi connectivity index (χ2v) is 5.12. The molecule has 1 saturated heterocycles. The Morgan fingerprint density at radius 3 is 2.82 bits per heavy atom. The molecule has 0 spiro atoms. The van der Waals surface area contributed by atoms with E-state index in [-0.39, 0.29) is 6.61 Å². The maximum absolute atomic E-state index is 8.97. The molecule has 4 nitrogen and oxygen atoms in total. The highest BCUT2D eigenvalue weighted by molar-refractivity contribution is 5.39. The summed E-state index contributed by atoms with van der Waals surface area (Å²) in [5.74, 6) is 1.85. The van der Waals surface area contributed by atoms with Crippen LogP contribution in [-0.4, -0.2) is 27.7 Å². The molecule has 1 N–H and O–H groups in total. The Bertz CT molecular complexity index is 379. The minimum absolute atomic E-state index is 0.0284. The quantitative estimate of drug-likeness (QED) is 0.845. The van der Waals surface area contributed by atoms with Crippen molar-refractivity contribution in [1.29, 1.82) is 0 Å². The normalized spacial score (nSPS) is 28.2. The molecule has 3 rings (SSSR count). The standard InChI is InChI=1S/C13H19N3O/c17-9-11-7-15-13(8-14-11)16-6-5-10-3-1-2-4-12(10)16/h7-8,10,12,17H,1-6,9H2. The molecule has 2 aliphatic rings. The zero-order valence-corrected chi connectivity index (χ0v) is 10.0. The second-order valence-electron chi connectivity index (χ2n) is 5.12. The van der Waals surface area contributed by atoms with Crippen molar-refractivity contribution in [1.82, 2.24) is 9.97 Å². The Morgan fingerprint density at radius 2 is 2.06 bits per heavy atom. The fraction of sp³-hybridized carbons (Fsp3) is 0.692. The lowest BCUT2D eigenvalue weighted by Gasteiger charge is -2.32. The number of fused-ring (bicyclic) bond motifs is 1. The average Bonchev–Trinajstić information content (AvgIpc) is 2.83. The molecule has 2 atom stereocenters. The van der Waals surface area contributed by atoms with E-state index in [9.17, 15) is 0 Å². The van der Waals surface area contributed by atoms with Crippen molar-refractivity contribution in [2.75, 3.05) is 11.4 Å². The van der Waals surface area contributed by atoms with E-state index >= 15 is 0 Å². The highest BCUT2D eigenvalue weighted by Crippen LogP contribution is 2.37. The lowest BCUT2D eigenvalue weighted by molar-refractivity contribution is 0.276. The van der Waals surface area contributed by atoms with E-state index in [0.29, 0.717) is 11.7 Å². The Hall–Kier alpha value is -1.16. The summed E-state index contributed by atoms with van der Waals surface area (Å²) in [7, 11) is 0. The highest BCUT2D eigenvalue weighted by Gasteiger charge is 2.36. The van der Waals surface area contributed by atoms with E-state index in [4.69, 9.17) is 5.11 Å². The van der Waals surface area contributed by atoms with Crippen LogP contribution >= 0.6 is 0 Å². The van der Waals surface area contributed by atoms with Gasteiger partial charge in [-0.15, -0.1) is 0 Å². The van der Waals surface area contributed by atoms with Crippen molar-refractivity contribution < 1.29 is 5.11 Å². The highest BCUT2D eigenvalue weighted by atomic mass is 16.3. The maximum atomic E-state index is 8.97. The fourth-order valence-electron chi connectivity index (χ4n) is 3.27. The summed E-state index contributed by atoms with van der Waals surface area (Å²) in [6.45, 7) is 1.09. The van der Waals surface area contributed by atoms with Crippen LogP contribution in [0.15, 0.2) is 12.4 Å². The SMILES string of the molecule is OCc1cnc(N2CCC3CCCCC32)cn1. The van der Waals surface area contributed by atoms with Crippen LogP contribution in [0.4, 0.5) is 5.82 Å². The summed E-state index contributed by atoms with van der Waals surface area (Å²) in [5, 5.41) is 8.97. The van der Waals surface area contributed by atoms with Gasteiger partial charge in [0.15, 0.2) is 0 Å². The molecule has 4 heteroatoms. The summed E-state index contributed by atoms with van der Waals surface area (Å²) in [6.07, 6.45) is 10.2. The number of rotatable bonds is 2. The molecule has 0 radical (unpaired) electrons. The van der Waals surface area contributed by atoms with Crippen molar-refractivity contribution in [3.8, 4) is 0 Å². The lowest BCUT2D eigenvalue weighted by atomic mass is 9.85. The largest absolute Gasteiger partial charge is 0.390 e. The Balaban J connectivity index is 1.78. The van der Waals surface area contributed by atoms with Crippen molar-refractivity contribution in [2.24, 2.45) is 5.92 Å². The van der Waals surface area contributed by atoms with Gasteiger partial charge in [0.05, 0.1) is 24.7 Å². The molecule has 1 aromatic heterocycles. The summed E-state index contributed by atoms with van der Waals surface area (Å²) in [5.41, 5.74) is 0.646. The van der Waals surface area contributed by atoms with Crippen molar-refractivity contribution >= 4 is 5.82 Å². The summed E-state index contributed by atoms with van der Waals surface area (Å²) >= 11 is 0. The first kappa shape index (κ1) is 11.0. The Kier molecular flexibility index (Phi) is 2.97. The van der Waals surface area contributed by atoms with Gasteiger partial charge in [-0.1, -0.05) is 12.8 Å². The molecule has 2 heterocycles. The van der Waals surface area contributed by atoms with Gasteiger partial charge in [-0.05, 0) is 25.2 Å². The van der Waals surface area contributed by atoms with Gasteiger partial charge in [-0.2, -0.15) is 0 Å². The monoisotopic (exact) mass is 233 g/mol. The van der Waals surface area contributed by atoms with Crippen LogP contribution in [0, 0.1) is 5.92 Å². The van der Waals surface area contributed by atoms with E-state index in [2.05, 4.69) is 14.9 Å². The van der Waals surface area contributed by atoms with Gasteiger partial charge in [0, 0.05) is 12.6 Å². The van der Waals surface area contributed by atoms with Crippen LogP contribution in [0.5, 0.6) is 0 Å². The fourth-order valence-corrected chi connectivity index (χ4v) is 3.27. The molecular formula is C13H19N3O. The maximum Gasteiger partial charge on any atom is 0.147 e. The number of hydrogen-bond donors (Lipinski definition) is 1. The van der Waals surface area contributed by atoms with Crippen LogP contribution in [0.2, 0.25) is 0 Å². The molecule has 2 unspecified atom stereocenters.